The van der Waals surface area contributed by atoms with Gasteiger partial charge in [0.15, 0.2) is 0 Å². The smallest absolute Gasteiger partial charge is 0.333 e. The summed E-state index contributed by atoms with van der Waals surface area (Å²) in [4.78, 5) is 11.1. The molecule has 1 N–H and O–H groups in total. The lowest BCUT2D eigenvalue weighted by molar-refractivity contribution is -0.136. The highest BCUT2D eigenvalue weighted by Gasteiger charge is 2.03. The summed E-state index contributed by atoms with van der Waals surface area (Å²) in [7, 11) is 1.41. The van der Waals surface area contributed by atoms with Crippen molar-refractivity contribution in [2.24, 2.45) is 0 Å². The fourth-order valence-corrected chi connectivity index (χ4v) is 1.95. The minimum atomic E-state index is -0.248. The van der Waals surface area contributed by atoms with Gasteiger partial charge in [-0.05, 0) is 45.6 Å². The summed E-state index contributed by atoms with van der Waals surface area (Å²) in [6.07, 6.45) is 10.6. The number of hydrogen-bond donors (Lipinski definition) is 1. The minimum Gasteiger partial charge on any atom is -0.466 e. The number of ether oxygens (including phenoxy) is 1. The maximum atomic E-state index is 11.1. The molecule has 0 atom stereocenters. The third-order valence-electron chi connectivity index (χ3n) is 3.07. The number of carbonyl (C=O) groups excluding carboxylic acids is 1. The van der Waals surface area contributed by atoms with E-state index < -0.39 is 0 Å². The van der Waals surface area contributed by atoms with E-state index in [1.165, 1.54) is 32.8 Å². The molecule has 1 aliphatic rings. The molecule has 17 heavy (non-hydrogen) atoms. The Morgan fingerprint density at radius 3 is 3.00 bits per heavy atom. The van der Waals surface area contributed by atoms with E-state index in [2.05, 4.69) is 16.1 Å². The van der Waals surface area contributed by atoms with Gasteiger partial charge in [-0.3, -0.25) is 0 Å². The number of rotatable bonds is 6. The molecule has 0 aromatic heterocycles. The zero-order valence-corrected chi connectivity index (χ0v) is 10.9. The summed E-state index contributed by atoms with van der Waals surface area (Å²) >= 11 is 0. The Morgan fingerprint density at radius 1 is 1.53 bits per heavy atom. The van der Waals surface area contributed by atoms with Gasteiger partial charge in [0.1, 0.15) is 0 Å². The molecule has 0 saturated heterocycles. The van der Waals surface area contributed by atoms with E-state index in [-0.39, 0.29) is 5.97 Å². The Morgan fingerprint density at radius 2 is 2.35 bits per heavy atom. The SMILES string of the molecule is COC(=O)C(C)=CCNCCC1=CCCCC1. The summed E-state index contributed by atoms with van der Waals surface area (Å²) in [5.74, 6) is -0.248. The Balaban J connectivity index is 2.11. The predicted octanol–water partition coefficient (Wildman–Crippen LogP) is 2.59. The normalized spacial score (nSPS) is 16.6. The minimum absolute atomic E-state index is 0.248. The first-order valence-electron chi connectivity index (χ1n) is 6.37. The van der Waals surface area contributed by atoms with Crippen LogP contribution in [0.1, 0.15) is 39.0 Å². The molecule has 0 unspecified atom stereocenters. The Hall–Kier alpha value is -1.09. The van der Waals surface area contributed by atoms with Crippen LogP contribution >= 0.6 is 0 Å². The van der Waals surface area contributed by atoms with Crippen LogP contribution in [-0.2, 0) is 9.53 Å². The van der Waals surface area contributed by atoms with Gasteiger partial charge in [-0.25, -0.2) is 4.79 Å². The lowest BCUT2D eigenvalue weighted by Crippen LogP contribution is -2.17. The number of hydrogen-bond acceptors (Lipinski definition) is 3. The van der Waals surface area contributed by atoms with Crippen molar-refractivity contribution in [3.05, 3.63) is 23.3 Å². The van der Waals surface area contributed by atoms with E-state index >= 15 is 0 Å². The average molecular weight is 237 g/mol. The van der Waals surface area contributed by atoms with Gasteiger partial charge in [0, 0.05) is 12.1 Å². The predicted molar refractivity (Wildman–Crippen MR) is 69.8 cm³/mol. The van der Waals surface area contributed by atoms with E-state index in [1.54, 1.807) is 12.5 Å². The van der Waals surface area contributed by atoms with Crippen LogP contribution in [0.3, 0.4) is 0 Å². The van der Waals surface area contributed by atoms with Crippen molar-refractivity contribution in [2.45, 2.75) is 39.0 Å². The average Bonchev–Trinajstić information content (AvgIpc) is 2.38. The fourth-order valence-electron chi connectivity index (χ4n) is 1.95. The van der Waals surface area contributed by atoms with Gasteiger partial charge in [-0.15, -0.1) is 0 Å². The highest BCUT2D eigenvalue weighted by molar-refractivity contribution is 5.87. The highest BCUT2D eigenvalue weighted by atomic mass is 16.5. The van der Waals surface area contributed by atoms with Crippen LogP contribution in [0, 0.1) is 0 Å². The van der Waals surface area contributed by atoms with E-state index in [1.807, 2.05) is 6.08 Å². The molecule has 0 aromatic rings. The first-order chi connectivity index (χ1) is 8.24. The second kappa shape index (κ2) is 8.07. The second-order valence-electron chi connectivity index (χ2n) is 4.44. The van der Waals surface area contributed by atoms with Gasteiger partial charge in [-0.2, -0.15) is 0 Å². The molecule has 0 saturated carbocycles. The molecule has 0 aromatic carbocycles. The number of esters is 1. The lowest BCUT2D eigenvalue weighted by Gasteiger charge is -2.12. The van der Waals surface area contributed by atoms with E-state index in [0.717, 1.165) is 19.5 Å². The maximum absolute atomic E-state index is 11.1. The van der Waals surface area contributed by atoms with Crippen LogP contribution in [0.15, 0.2) is 23.3 Å². The van der Waals surface area contributed by atoms with Gasteiger partial charge < -0.3 is 10.1 Å². The van der Waals surface area contributed by atoms with Crippen molar-refractivity contribution < 1.29 is 9.53 Å². The van der Waals surface area contributed by atoms with Gasteiger partial charge in [0.2, 0.25) is 0 Å². The molecule has 0 amide bonds. The van der Waals surface area contributed by atoms with Crippen molar-refractivity contribution in [1.82, 2.24) is 5.32 Å². The Bertz CT molecular complexity index is 305. The number of methoxy groups -OCH3 is 1. The standard InChI is InChI=1S/C14H23NO2/c1-12(14(16)17-2)8-10-15-11-9-13-6-4-3-5-7-13/h6,8,15H,3-5,7,9-11H2,1-2H3. The molecule has 96 valence electrons. The maximum Gasteiger partial charge on any atom is 0.333 e. The number of carbonyl (C=O) groups is 1. The van der Waals surface area contributed by atoms with E-state index in [4.69, 9.17) is 0 Å². The van der Waals surface area contributed by atoms with Crippen molar-refractivity contribution in [2.75, 3.05) is 20.2 Å². The zero-order valence-electron chi connectivity index (χ0n) is 10.9. The molecular formula is C14H23NO2. The van der Waals surface area contributed by atoms with Crippen LogP contribution in [0.4, 0.5) is 0 Å². The van der Waals surface area contributed by atoms with Gasteiger partial charge in [0.05, 0.1) is 7.11 Å². The Kier molecular flexibility index (Phi) is 6.63. The summed E-state index contributed by atoms with van der Waals surface area (Å²) in [5.41, 5.74) is 2.24. The summed E-state index contributed by atoms with van der Waals surface area (Å²) in [5, 5.41) is 3.32. The number of allylic oxidation sites excluding steroid dienone is 1. The third kappa shape index (κ3) is 5.68. The fraction of sp³-hybridized carbons (Fsp3) is 0.643. The van der Waals surface area contributed by atoms with Gasteiger partial charge in [0.25, 0.3) is 0 Å². The molecule has 3 heteroatoms. The van der Waals surface area contributed by atoms with Crippen LogP contribution in [0.5, 0.6) is 0 Å². The molecule has 1 rings (SSSR count). The summed E-state index contributed by atoms with van der Waals surface area (Å²) in [6, 6.07) is 0. The van der Waals surface area contributed by atoms with Crippen LogP contribution in [0.2, 0.25) is 0 Å². The molecule has 0 radical (unpaired) electrons. The van der Waals surface area contributed by atoms with E-state index in [9.17, 15) is 4.79 Å². The molecule has 0 aliphatic heterocycles. The number of nitrogens with one attached hydrogen (secondary N) is 1. The molecule has 1 aliphatic carbocycles. The summed E-state index contributed by atoms with van der Waals surface area (Å²) in [6.45, 7) is 3.49. The van der Waals surface area contributed by atoms with Crippen molar-refractivity contribution in [1.29, 1.82) is 0 Å². The molecule has 0 spiro atoms. The lowest BCUT2D eigenvalue weighted by atomic mass is 9.97. The first kappa shape index (κ1) is 14.0. The second-order valence-corrected chi connectivity index (χ2v) is 4.44. The largest absolute Gasteiger partial charge is 0.466 e. The Labute approximate surface area is 104 Å². The topological polar surface area (TPSA) is 38.3 Å². The van der Waals surface area contributed by atoms with Crippen molar-refractivity contribution in [3.8, 4) is 0 Å². The van der Waals surface area contributed by atoms with Crippen molar-refractivity contribution in [3.63, 3.8) is 0 Å². The molecule has 0 fully saturated rings. The molecule has 0 heterocycles. The zero-order chi connectivity index (χ0) is 12.5. The molecule has 3 nitrogen and oxygen atoms in total. The van der Waals surface area contributed by atoms with Crippen LogP contribution in [0.25, 0.3) is 0 Å². The quantitative estimate of drug-likeness (QED) is 0.334. The van der Waals surface area contributed by atoms with Gasteiger partial charge in [-0.1, -0.05) is 17.7 Å². The first-order valence-corrected chi connectivity index (χ1v) is 6.37. The molecular weight excluding hydrogens is 214 g/mol. The van der Waals surface area contributed by atoms with Crippen LogP contribution in [-0.4, -0.2) is 26.2 Å². The summed E-state index contributed by atoms with van der Waals surface area (Å²) < 4.78 is 4.62. The van der Waals surface area contributed by atoms with Crippen molar-refractivity contribution >= 4 is 5.97 Å². The van der Waals surface area contributed by atoms with Crippen LogP contribution < -0.4 is 5.32 Å². The molecule has 0 bridgehead atoms. The third-order valence-corrected chi connectivity index (χ3v) is 3.07. The monoisotopic (exact) mass is 237 g/mol. The highest BCUT2D eigenvalue weighted by Crippen LogP contribution is 2.19. The van der Waals surface area contributed by atoms with Gasteiger partial charge >= 0.3 is 5.97 Å². The van der Waals surface area contributed by atoms with E-state index in [0.29, 0.717) is 5.57 Å².